The average molecular weight is 235 g/mol. The summed E-state index contributed by atoms with van der Waals surface area (Å²) in [7, 11) is 0. The van der Waals surface area contributed by atoms with Crippen molar-refractivity contribution >= 4 is 5.91 Å². The summed E-state index contributed by atoms with van der Waals surface area (Å²) in [5.41, 5.74) is 3.63. The van der Waals surface area contributed by atoms with Gasteiger partial charge in [-0.25, -0.2) is 0 Å². The number of hydrogen-bond acceptors (Lipinski definition) is 2. The summed E-state index contributed by atoms with van der Waals surface area (Å²) >= 11 is 0. The highest BCUT2D eigenvalue weighted by Crippen LogP contribution is 2.22. The normalized spacial score (nSPS) is 10.1. The van der Waals surface area contributed by atoms with Crippen LogP contribution in [0.1, 0.15) is 30.0 Å². The van der Waals surface area contributed by atoms with Crippen molar-refractivity contribution in [1.82, 2.24) is 5.32 Å². The van der Waals surface area contributed by atoms with Gasteiger partial charge in [0.2, 0.25) is 5.91 Å². The number of benzene rings is 1. The van der Waals surface area contributed by atoms with E-state index in [1.165, 1.54) is 11.1 Å². The van der Waals surface area contributed by atoms with Gasteiger partial charge >= 0.3 is 0 Å². The lowest BCUT2D eigenvalue weighted by Gasteiger charge is -2.12. The fourth-order valence-electron chi connectivity index (χ4n) is 1.57. The van der Waals surface area contributed by atoms with E-state index in [4.69, 9.17) is 4.74 Å². The van der Waals surface area contributed by atoms with Crippen LogP contribution in [0.2, 0.25) is 0 Å². The Morgan fingerprint density at radius 2 is 1.82 bits per heavy atom. The number of aryl methyl sites for hydroxylation is 3. The highest BCUT2D eigenvalue weighted by Gasteiger charge is 2.03. The van der Waals surface area contributed by atoms with Crippen LogP contribution in [0.5, 0.6) is 5.75 Å². The molecule has 0 atom stereocenters. The molecule has 0 aliphatic rings. The number of carbonyl (C=O) groups is 1. The lowest BCUT2D eigenvalue weighted by Crippen LogP contribution is -2.27. The predicted molar refractivity (Wildman–Crippen MR) is 69.4 cm³/mol. The van der Waals surface area contributed by atoms with E-state index >= 15 is 0 Å². The molecule has 1 rings (SSSR count). The molecule has 0 heterocycles. The van der Waals surface area contributed by atoms with Crippen molar-refractivity contribution in [2.45, 2.75) is 34.1 Å². The van der Waals surface area contributed by atoms with Crippen molar-refractivity contribution in [3.63, 3.8) is 0 Å². The molecule has 0 radical (unpaired) electrons. The third-order valence-electron chi connectivity index (χ3n) is 2.79. The first-order valence-electron chi connectivity index (χ1n) is 6.02. The molecule has 0 saturated heterocycles. The Morgan fingerprint density at radius 3 is 2.47 bits per heavy atom. The van der Waals surface area contributed by atoms with E-state index in [-0.39, 0.29) is 5.91 Å². The average Bonchev–Trinajstić information content (AvgIpc) is 2.30. The second-order valence-electron chi connectivity index (χ2n) is 4.25. The monoisotopic (exact) mass is 235 g/mol. The maximum Gasteiger partial charge on any atom is 0.219 e. The largest absolute Gasteiger partial charge is 0.491 e. The van der Waals surface area contributed by atoms with Crippen molar-refractivity contribution in [3.8, 4) is 5.75 Å². The van der Waals surface area contributed by atoms with E-state index in [0.29, 0.717) is 19.6 Å². The zero-order chi connectivity index (χ0) is 12.8. The number of hydrogen-bond donors (Lipinski definition) is 1. The molecule has 1 N–H and O–H groups in total. The van der Waals surface area contributed by atoms with Gasteiger partial charge in [0.15, 0.2) is 0 Å². The van der Waals surface area contributed by atoms with Crippen LogP contribution in [0.25, 0.3) is 0 Å². The molecule has 3 heteroatoms. The number of rotatable bonds is 5. The molecule has 0 unspecified atom stereocenters. The number of carbonyl (C=O) groups excluding carboxylic acids is 1. The first-order chi connectivity index (χ1) is 8.04. The van der Waals surface area contributed by atoms with Crippen molar-refractivity contribution in [2.75, 3.05) is 13.2 Å². The van der Waals surface area contributed by atoms with Crippen molar-refractivity contribution in [3.05, 3.63) is 28.8 Å². The van der Waals surface area contributed by atoms with Gasteiger partial charge in [-0.3, -0.25) is 4.79 Å². The zero-order valence-corrected chi connectivity index (χ0v) is 11.1. The molecular weight excluding hydrogens is 214 g/mol. The van der Waals surface area contributed by atoms with Crippen LogP contribution in [0.3, 0.4) is 0 Å². The van der Waals surface area contributed by atoms with Gasteiger partial charge < -0.3 is 10.1 Å². The summed E-state index contributed by atoms with van der Waals surface area (Å²) < 4.78 is 5.65. The van der Waals surface area contributed by atoms with Crippen LogP contribution in [0.15, 0.2) is 12.1 Å². The molecule has 0 bridgehead atoms. The molecule has 0 fully saturated rings. The predicted octanol–water partition coefficient (Wildman–Crippen LogP) is 2.52. The van der Waals surface area contributed by atoms with Crippen molar-refractivity contribution < 1.29 is 9.53 Å². The highest BCUT2D eigenvalue weighted by atomic mass is 16.5. The Labute approximate surface area is 103 Å². The Morgan fingerprint density at radius 1 is 1.18 bits per heavy atom. The van der Waals surface area contributed by atoms with Crippen molar-refractivity contribution in [2.24, 2.45) is 0 Å². The molecule has 1 amide bonds. The quantitative estimate of drug-likeness (QED) is 0.796. The lowest BCUT2D eigenvalue weighted by molar-refractivity contribution is -0.120. The molecule has 0 saturated carbocycles. The molecule has 17 heavy (non-hydrogen) atoms. The van der Waals surface area contributed by atoms with Crippen LogP contribution < -0.4 is 10.1 Å². The minimum Gasteiger partial charge on any atom is -0.491 e. The minimum atomic E-state index is 0.0606. The van der Waals surface area contributed by atoms with Gasteiger partial charge in [0.05, 0.1) is 6.54 Å². The van der Waals surface area contributed by atoms with E-state index in [0.717, 1.165) is 11.3 Å². The standard InChI is InChI=1S/C14H21NO2/c1-5-14(16)15-6-7-17-13-9-11(3)10(2)8-12(13)4/h8-9H,5-7H2,1-4H3,(H,15,16). The lowest BCUT2D eigenvalue weighted by atomic mass is 10.1. The van der Waals surface area contributed by atoms with Gasteiger partial charge in [-0.1, -0.05) is 13.0 Å². The number of amides is 1. The van der Waals surface area contributed by atoms with Crippen molar-refractivity contribution in [1.29, 1.82) is 0 Å². The third-order valence-corrected chi connectivity index (χ3v) is 2.79. The van der Waals surface area contributed by atoms with E-state index in [2.05, 4.69) is 25.2 Å². The molecule has 0 aliphatic heterocycles. The summed E-state index contributed by atoms with van der Waals surface area (Å²) in [5, 5.41) is 2.78. The fraction of sp³-hybridized carbons (Fsp3) is 0.500. The molecule has 1 aromatic rings. The fourth-order valence-corrected chi connectivity index (χ4v) is 1.57. The molecular formula is C14H21NO2. The number of nitrogens with one attached hydrogen (secondary N) is 1. The first-order valence-corrected chi connectivity index (χ1v) is 6.02. The zero-order valence-electron chi connectivity index (χ0n) is 11.1. The maximum atomic E-state index is 11.0. The van der Waals surface area contributed by atoms with E-state index in [1.54, 1.807) is 0 Å². The highest BCUT2D eigenvalue weighted by molar-refractivity contribution is 5.75. The van der Waals surface area contributed by atoms with E-state index in [1.807, 2.05) is 19.9 Å². The van der Waals surface area contributed by atoms with Crippen LogP contribution in [-0.4, -0.2) is 19.1 Å². The maximum absolute atomic E-state index is 11.0. The Kier molecular flexibility index (Phi) is 5.01. The van der Waals surface area contributed by atoms with Gasteiger partial charge in [0, 0.05) is 6.42 Å². The van der Waals surface area contributed by atoms with Gasteiger partial charge in [0.25, 0.3) is 0 Å². The SMILES string of the molecule is CCC(=O)NCCOc1cc(C)c(C)cc1C. The summed E-state index contributed by atoms with van der Waals surface area (Å²) in [4.78, 5) is 11.0. The third kappa shape index (κ3) is 4.10. The topological polar surface area (TPSA) is 38.3 Å². The molecule has 0 aliphatic carbocycles. The van der Waals surface area contributed by atoms with Crippen LogP contribution in [-0.2, 0) is 4.79 Å². The summed E-state index contributed by atoms with van der Waals surface area (Å²) in [6.45, 7) is 9.10. The summed E-state index contributed by atoms with van der Waals surface area (Å²) in [6, 6.07) is 4.17. The smallest absolute Gasteiger partial charge is 0.219 e. The van der Waals surface area contributed by atoms with Gasteiger partial charge in [-0.2, -0.15) is 0 Å². The first kappa shape index (κ1) is 13.6. The van der Waals surface area contributed by atoms with E-state index in [9.17, 15) is 4.79 Å². The molecule has 0 spiro atoms. The van der Waals surface area contributed by atoms with E-state index < -0.39 is 0 Å². The summed E-state index contributed by atoms with van der Waals surface area (Å²) in [5.74, 6) is 0.962. The van der Waals surface area contributed by atoms with Crippen LogP contribution in [0.4, 0.5) is 0 Å². The molecule has 3 nitrogen and oxygen atoms in total. The second-order valence-corrected chi connectivity index (χ2v) is 4.25. The molecule has 0 aromatic heterocycles. The van der Waals surface area contributed by atoms with Crippen LogP contribution in [0, 0.1) is 20.8 Å². The minimum absolute atomic E-state index is 0.0606. The molecule has 94 valence electrons. The Balaban J connectivity index is 2.47. The Hall–Kier alpha value is -1.51. The second kappa shape index (κ2) is 6.28. The summed E-state index contributed by atoms with van der Waals surface area (Å²) in [6.07, 6.45) is 0.517. The van der Waals surface area contributed by atoms with Crippen LogP contribution >= 0.6 is 0 Å². The van der Waals surface area contributed by atoms with Gasteiger partial charge in [-0.15, -0.1) is 0 Å². The number of ether oxygens (including phenoxy) is 1. The van der Waals surface area contributed by atoms with Gasteiger partial charge in [-0.05, 0) is 43.5 Å². The van der Waals surface area contributed by atoms with Gasteiger partial charge in [0.1, 0.15) is 12.4 Å². The molecule has 1 aromatic carbocycles. The Bertz CT molecular complexity index is 399.